The summed E-state index contributed by atoms with van der Waals surface area (Å²) in [7, 11) is 0. The minimum atomic E-state index is -0.893. The SMILES string of the molecule is CCc1nnc(N(CCC(=O)O)CC(=O)N(CC)CC)s1. The number of amides is 1. The summed E-state index contributed by atoms with van der Waals surface area (Å²) in [6.45, 7) is 7.48. The number of carboxylic acid groups (broad SMARTS) is 1. The van der Waals surface area contributed by atoms with Crippen LogP contribution in [0.5, 0.6) is 0 Å². The number of aromatic nitrogens is 2. The molecule has 0 fully saturated rings. The Morgan fingerprint density at radius 1 is 1.19 bits per heavy atom. The monoisotopic (exact) mass is 314 g/mol. The van der Waals surface area contributed by atoms with Crippen molar-refractivity contribution >= 4 is 28.3 Å². The van der Waals surface area contributed by atoms with Gasteiger partial charge in [0.25, 0.3) is 0 Å². The quantitative estimate of drug-likeness (QED) is 0.738. The molecule has 1 heterocycles. The largest absolute Gasteiger partial charge is 0.481 e. The van der Waals surface area contributed by atoms with E-state index < -0.39 is 5.97 Å². The number of anilines is 1. The smallest absolute Gasteiger partial charge is 0.305 e. The van der Waals surface area contributed by atoms with Gasteiger partial charge in [0.05, 0.1) is 13.0 Å². The van der Waals surface area contributed by atoms with Gasteiger partial charge >= 0.3 is 5.97 Å². The molecule has 1 aromatic rings. The third-order valence-electron chi connectivity index (χ3n) is 3.07. The highest BCUT2D eigenvalue weighted by Crippen LogP contribution is 2.21. The van der Waals surface area contributed by atoms with Gasteiger partial charge in [-0.15, -0.1) is 10.2 Å². The fourth-order valence-electron chi connectivity index (χ4n) is 1.83. The van der Waals surface area contributed by atoms with Gasteiger partial charge in [0, 0.05) is 19.6 Å². The summed E-state index contributed by atoms with van der Waals surface area (Å²) in [6, 6.07) is 0. The lowest BCUT2D eigenvalue weighted by molar-refractivity contribution is -0.137. The van der Waals surface area contributed by atoms with Crippen LogP contribution in [0.3, 0.4) is 0 Å². The molecule has 0 aliphatic heterocycles. The second-order valence-electron chi connectivity index (χ2n) is 4.46. The highest BCUT2D eigenvalue weighted by molar-refractivity contribution is 7.15. The van der Waals surface area contributed by atoms with E-state index in [1.807, 2.05) is 20.8 Å². The number of likely N-dealkylation sites (N-methyl/N-ethyl adjacent to an activating group) is 1. The van der Waals surface area contributed by atoms with Gasteiger partial charge in [-0.1, -0.05) is 18.3 Å². The summed E-state index contributed by atoms with van der Waals surface area (Å²) < 4.78 is 0. The summed E-state index contributed by atoms with van der Waals surface area (Å²) in [5.74, 6) is -0.922. The molecule has 0 bridgehead atoms. The highest BCUT2D eigenvalue weighted by atomic mass is 32.1. The molecule has 1 amide bonds. The number of aliphatic carboxylic acids is 1. The Bertz CT molecular complexity index is 474. The Kier molecular flexibility index (Phi) is 7.07. The molecule has 1 rings (SSSR count). The summed E-state index contributed by atoms with van der Waals surface area (Å²) in [5.41, 5.74) is 0. The van der Waals surface area contributed by atoms with Gasteiger partial charge < -0.3 is 14.9 Å². The van der Waals surface area contributed by atoms with Crippen molar-refractivity contribution in [2.45, 2.75) is 33.6 Å². The molecule has 0 radical (unpaired) electrons. The second kappa shape index (κ2) is 8.56. The first-order valence-corrected chi connectivity index (χ1v) is 7.90. The van der Waals surface area contributed by atoms with E-state index in [1.54, 1.807) is 9.80 Å². The van der Waals surface area contributed by atoms with Crippen LogP contribution in [0.1, 0.15) is 32.2 Å². The Morgan fingerprint density at radius 2 is 1.86 bits per heavy atom. The molecule has 0 spiro atoms. The number of carbonyl (C=O) groups is 2. The van der Waals surface area contributed by atoms with Crippen LogP contribution in [0, 0.1) is 0 Å². The van der Waals surface area contributed by atoms with Crippen LogP contribution in [-0.2, 0) is 16.0 Å². The first-order valence-electron chi connectivity index (χ1n) is 7.08. The zero-order valence-electron chi connectivity index (χ0n) is 12.7. The molecule has 1 N–H and O–H groups in total. The lowest BCUT2D eigenvalue weighted by atomic mass is 10.3. The molecule has 21 heavy (non-hydrogen) atoms. The Hall–Kier alpha value is -1.70. The predicted octanol–water partition coefficient (Wildman–Crippen LogP) is 1.25. The number of carboxylic acids is 1. The van der Waals surface area contributed by atoms with Gasteiger partial charge in [-0.05, 0) is 20.3 Å². The summed E-state index contributed by atoms with van der Waals surface area (Å²) >= 11 is 1.40. The van der Waals surface area contributed by atoms with Crippen molar-refractivity contribution in [2.75, 3.05) is 31.1 Å². The summed E-state index contributed by atoms with van der Waals surface area (Å²) in [5, 5.41) is 18.4. The van der Waals surface area contributed by atoms with Crippen LogP contribution >= 0.6 is 11.3 Å². The standard InChI is InChI=1S/C13H22N4O3S/c1-4-10-14-15-13(21-10)17(8-7-12(19)20)9-11(18)16(5-2)6-3/h4-9H2,1-3H3,(H,19,20). The third kappa shape index (κ3) is 5.30. The van der Waals surface area contributed by atoms with Gasteiger partial charge in [0.1, 0.15) is 5.01 Å². The average molecular weight is 314 g/mol. The molecule has 0 aliphatic rings. The van der Waals surface area contributed by atoms with E-state index >= 15 is 0 Å². The van der Waals surface area contributed by atoms with Crippen LogP contribution in [0.25, 0.3) is 0 Å². The van der Waals surface area contributed by atoms with E-state index in [9.17, 15) is 9.59 Å². The molecule has 0 unspecified atom stereocenters. The molecule has 0 atom stereocenters. The Morgan fingerprint density at radius 3 is 2.33 bits per heavy atom. The fourth-order valence-corrected chi connectivity index (χ4v) is 2.63. The van der Waals surface area contributed by atoms with E-state index in [0.717, 1.165) is 11.4 Å². The Labute approximate surface area is 128 Å². The van der Waals surface area contributed by atoms with Gasteiger partial charge in [-0.2, -0.15) is 0 Å². The van der Waals surface area contributed by atoms with E-state index in [-0.39, 0.29) is 25.4 Å². The van der Waals surface area contributed by atoms with Crippen molar-refractivity contribution in [3.8, 4) is 0 Å². The van der Waals surface area contributed by atoms with Crippen molar-refractivity contribution in [3.05, 3.63) is 5.01 Å². The molecule has 0 saturated heterocycles. The number of hydrogen-bond donors (Lipinski definition) is 1. The molecular formula is C13H22N4O3S. The number of hydrogen-bond acceptors (Lipinski definition) is 6. The van der Waals surface area contributed by atoms with Crippen LogP contribution in [-0.4, -0.2) is 58.3 Å². The van der Waals surface area contributed by atoms with Crippen molar-refractivity contribution in [1.29, 1.82) is 0 Å². The van der Waals surface area contributed by atoms with Crippen molar-refractivity contribution < 1.29 is 14.7 Å². The summed E-state index contributed by atoms with van der Waals surface area (Å²) in [4.78, 5) is 26.4. The number of rotatable bonds is 9. The van der Waals surface area contributed by atoms with Crippen molar-refractivity contribution in [3.63, 3.8) is 0 Å². The molecule has 0 aliphatic carbocycles. The fraction of sp³-hybridized carbons (Fsp3) is 0.692. The number of nitrogens with zero attached hydrogens (tertiary/aromatic N) is 4. The van der Waals surface area contributed by atoms with E-state index in [1.165, 1.54) is 11.3 Å². The maximum atomic E-state index is 12.2. The van der Waals surface area contributed by atoms with E-state index in [0.29, 0.717) is 18.2 Å². The number of carbonyl (C=O) groups excluding carboxylic acids is 1. The third-order valence-corrected chi connectivity index (χ3v) is 4.20. The maximum absolute atomic E-state index is 12.2. The Balaban J connectivity index is 2.81. The number of aryl methyl sites for hydroxylation is 1. The zero-order valence-corrected chi connectivity index (χ0v) is 13.5. The summed E-state index contributed by atoms with van der Waals surface area (Å²) in [6.07, 6.45) is 0.737. The lowest BCUT2D eigenvalue weighted by Gasteiger charge is -2.25. The van der Waals surface area contributed by atoms with Crippen LogP contribution in [0.4, 0.5) is 5.13 Å². The van der Waals surface area contributed by atoms with Gasteiger partial charge in [-0.3, -0.25) is 9.59 Å². The van der Waals surface area contributed by atoms with Gasteiger partial charge in [-0.25, -0.2) is 0 Å². The predicted molar refractivity (Wildman–Crippen MR) is 81.7 cm³/mol. The van der Waals surface area contributed by atoms with Crippen LogP contribution in [0.15, 0.2) is 0 Å². The lowest BCUT2D eigenvalue weighted by Crippen LogP contribution is -2.41. The van der Waals surface area contributed by atoms with Gasteiger partial charge in [0.2, 0.25) is 11.0 Å². The van der Waals surface area contributed by atoms with E-state index in [4.69, 9.17) is 5.11 Å². The molecule has 8 heteroatoms. The average Bonchev–Trinajstić information content (AvgIpc) is 2.93. The normalized spacial score (nSPS) is 10.4. The van der Waals surface area contributed by atoms with E-state index in [2.05, 4.69) is 10.2 Å². The molecule has 1 aromatic heterocycles. The first kappa shape index (κ1) is 17.4. The first-order chi connectivity index (χ1) is 10.0. The molecule has 0 saturated carbocycles. The molecule has 7 nitrogen and oxygen atoms in total. The minimum absolute atomic E-state index is 0.0290. The van der Waals surface area contributed by atoms with Crippen molar-refractivity contribution in [1.82, 2.24) is 15.1 Å². The van der Waals surface area contributed by atoms with Gasteiger partial charge in [0.15, 0.2) is 0 Å². The zero-order chi connectivity index (χ0) is 15.8. The highest BCUT2D eigenvalue weighted by Gasteiger charge is 2.19. The topological polar surface area (TPSA) is 86.6 Å². The maximum Gasteiger partial charge on any atom is 0.305 e. The molecule has 0 aromatic carbocycles. The minimum Gasteiger partial charge on any atom is -0.481 e. The van der Waals surface area contributed by atoms with Crippen LogP contribution in [0.2, 0.25) is 0 Å². The molecule has 118 valence electrons. The van der Waals surface area contributed by atoms with Crippen LogP contribution < -0.4 is 4.90 Å². The van der Waals surface area contributed by atoms with Crippen molar-refractivity contribution in [2.24, 2.45) is 0 Å². The molecular weight excluding hydrogens is 292 g/mol. The second-order valence-corrected chi connectivity index (χ2v) is 5.50.